The van der Waals surface area contributed by atoms with Gasteiger partial charge in [-0.2, -0.15) is 0 Å². The van der Waals surface area contributed by atoms with E-state index in [0.29, 0.717) is 0 Å². The maximum absolute atomic E-state index is 2.38. The Labute approximate surface area is 281 Å². The highest BCUT2D eigenvalue weighted by Crippen LogP contribution is 1.98. The monoisotopic (exact) mass is 618 g/mol. The molecule has 0 saturated heterocycles. The second-order valence-corrected chi connectivity index (χ2v) is 11.9. The summed E-state index contributed by atoms with van der Waals surface area (Å²) in [5.41, 5.74) is 0. The van der Waals surface area contributed by atoms with E-state index in [1.165, 1.54) is 174 Å². The zero-order valence-electron chi connectivity index (χ0n) is 34.5. The minimum atomic E-state index is 1.19. The van der Waals surface area contributed by atoms with Crippen molar-refractivity contribution >= 4 is 0 Å². The zero-order valence-corrected chi connectivity index (χ0v) is 34.5. The van der Waals surface area contributed by atoms with Gasteiger partial charge in [-0.05, 0) is 19.6 Å². The van der Waals surface area contributed by atoms with Crippen LogP contribution in [0.3, 0.4) is 0 Å². The minimum Gasteiger partial charge on any atom is -0.304 e. The lowest BCUT2D eigenvalue weighted by atomic mass is 10.2. The number of hydrogen-bond acceptors (Lipinski definition) is 1. The lowest BCUT2D eigenvalue weighted by Crippen LogP contribution is -2.21. The summed E-state index contributed by atoms with van der Waals surface area (Å²) in [6.07, 6.45) is 33.2. The van der Waals surface area contributed by atoms with Crippen molar-refractivity contribution in [2.75, 3.05) is 19.6 Å². The SMILES string of the molecule is CCCCCC.CCCCCC.CCCCCC.CCCCCC.CCCCCC.CCCCCC.CCN(CC)CC. The molecule has 0 aromatic heterocycles. The fourth-order valence-corrected chi connectivity index (χ4v) is 3.67. The van der Waals surface area contributed by atoms with Crippen LogP contribution in [0.1, 0.15) is 258 Å². The Bertz CT molecular complexity index is 206. The van der Waals surface area contributed by atoms with Crippen molar-refractivity contribution in [2.24, 2.45) is 0 Å². The average Bonchev–Trinajstić information content (AvgIpc) is 3.05. The summed E-state index contributed by atoms with van der Waals surface area (Å²) in [4.78, 5) is 2.38. The van der Waals surface area contributed by atoms with Gasteiger partial charge in [-0.15, -0.1) is 0 Å². The number of nitrogens with zero attached hydrogens (tertiary/aromatic N) is 1. The molecule has 0 heterocycles. The van der Waals surface area contributed by atoms with Crippen LogP contribution in [-0.4, -0.2) is 24.5 Å². The van der Waals surface area contributed by atoms with Gasteiger partial charge in [0.15, 0.2) is 0 Å². The molecule has 0 radical (unpaired) electrons. The predicted octanol–water partition coefficient (Wildman–Crippen LogP) is 16.9. The first-order valence-corrected chi connectivity index (χ1v) is 20.6. The molecular formula is C42H99N. The molecular weight excluding hydrogens is 518 g/mol. The van der Waals surface area contributed by atoms with E-state index < -0.39 is 0 Å². The first kappa shape index (κ1) is 58.5. The Morgan fingerprint density at radius 1 is 0.186 bits per heavy atom. The van der Waals surface area contributed by atoms with Gasteiger partial charge in [0, 0.05) is 0 Å². The van der Waals surface area contributed by atoms with Gasteiger partial charge in [-0.3, -0.25) is 0 Å². The van der Waals surface area contributed by atoms with Gasteiger partial charge < -0.3 is 4.90 Å². The van der Waals surface area contributed by atoms with Gasteiger partial charge in [0.05, 0.1) is 0 Å². The summed E-state index contributed by atoms with van der Waals surface area (Å²) in [6.45, 7) is 36.9. The van der Waals surface area contributed by atoms with E-state index in [0.717, 1.165) is 0 Å². The second kappa shape index (κ2) is 78.4. The van der Waals surface area contributed by atoms with E-state index in [1.54, 1.807) is 0 Å². The largest absolute Gasteiger partial charge is 0.304 e. The van der Waals surface area contributed by atoms with Crippen molar-refractivity contribution in [2.45, 2.75) is 258 Å². The third kappa shape index (κ3) is 117. The van der Waals surface area contributed by atoms with Gasteiger partial charge in [0.25, 0.3) is 0 Å². The van der Waals surface area contributed by atoms with Crippen LogP contribution in [0.4, 0.5) is 0 Å². The molecule has 0 amide bonds. The highest BCUT2D eigenvalue weighted by atomic mass is 15.1. The van der Waals surface area contributed by atoms with Crippen LogP contribution < -0.4 is 0 Å². The van der Waals surface area contributed by atoms with Crippen LogP contribution in [-0.2, 0) is 0 Å². The Morgan fingerprint density at radius 2 is 0.279 bits per heavy atom. The Kier molecular flexibility index (Phi) is 107. The lowest BCUT2D eigenvalue weighted by molar-refractivity contribution is 0.321. The van der Waals surface area contributed by atoms with Crippen molar-refractivity contribution < 1.29 is 0 Å². The molecule has 43 heavy (non-hydrogen) atoms. The molecule has 0 fully saturated rings. The molecule has 1 heteroatoms. The summed E-state index contributed by atoms with van der Waals surface area (Å²) in [7, 11) is 0. The quantitative estimate of drug-likeness (QED) is 0.116. The normalized spacial score (nSPS) is 9.21. The number of unbranched alkanes of at least 4 members (excludes halogenated alkanes) is 18. The van der Waals surface area contributed by atoms with E-state index in [2.05, 4.69) is 109 Å². The summed E-state index contributed by atoms with van der Waals surface area (Å²) >= 11 is 0. The molecule has 0 N–H and O–H groups in total. The highest BCUT2D eigenvalue weighted by molar-refractivity contribution is 4.44. The Morgan fingerprint density at radius 3 is 0.302 bits per heavy atom. The van der Waals surface area contributed by atoms with Crippen LogP contribution in [0, 0.1) is 0 Å². The van der Waals surface area contributed by atoms with Crippen molar-refractivity contribution in [3.8, 4) is 0 Å². The van der Waals surface area contributed by atoms with Gasteiger partial charge in [-0.1, -0.05) is 258 Å². The summed E-state index contributed by atoms with van der Waals surface area (Å²) in [5, 5.41) is 0. The molecule has 0 unspecified atom stereocenters. The molecule has 0 bridgehead atoms. The molecule has 0 aliphatic carbocycles. The standard InChI is InChI=1S/C6H15N.6C6H14/c1-4-7(5-2)6-3;6*1-3-5-6-4-2/h4-6H2,1-3H3;6*3-6H2,1-2H3. The molecule has 0 aromatic rings. The van der Waals surface area contributed by atoms with Crippen molar-refractivity contribution in [1.29, 1.82) is 0 Å². The van der Waals surface area contributed by atoms with Crippen molar-refractivity contribution in [1.82, 2.24) is 4.90 Å². The molecule has 0 aliphatic heterocycles. The highest BCUT2D eigenvalue weighted by Gasteiger charge is 1.89. The second-order valence-electron chi connectivity index (χ2n) is 11.9. The molecule has 0 aromatic carbocycles. The Balaban J connectivity index is -0.0000000704. The molecule has 272 valence electrons. The topological polar surface area (TPSA) is 3.24 Å². The molecule has 0 spiro atoms. The van der Waals surface area contributed by atoms with E-state index in [-0.39, 0.29) is 0 Å². The maximum atomic E-state index is 2.38. The van der Waals surface area contributed by atoms with Gasteiger partial charge in [-0.25, -0.2) is 0 Å². The first-order chi connectivity index (χ1) is 20.8. The third-order valence-corrected chi connectivity index (χ3v) is 7.08. The minimum absolute atomic E-state index is 1.19. The molecule has 0 rings (SSSR count). The molecule has 0 atom stereocenters. The smallest absolute Gasteiger partial charge is 0.00474 e. The predicted molar refractivity (Wildman–Crippen MR) is 212 cm³/mol. The van der Waals surface area contributed by atoms with E-state index in [1.807, 2.05) is 0 Å². The summed E-state index contributed by atoms with van der Waals surface area (Å²) < 4.78 is 0. The van der Waals surface area contributed by atoms with E-state index in [4.69, 9.17) is 0 Å². The van der Waals surface area contributed by atoms with Gasteiger partial charge in [0.1, 0.15) is 0 Å². The first-order valence-electron chi connectivity index (χ1n) is 20.6. The maximum Gasteiger partial charge on any atom is -0.00474 e. The summed E-state index contributed by atoms with van der Waals surface area (Å²) in [6, 6.07) is 0. The Hall–Kier alpha value is -0.0400. The molecule has 0 saturated carbocycles. The van der Waals surface area contributed by atoms with Crippen LogP contribution in [0.2, 0.25) is 0 Å². The van der Waals surface area contributed by atoms with Crippen molar-refractivity contribution in [3.05, 3.63) is 0 Å². The van der Waals surface area contributed by atoms with E-state index >= 15 is 0 Å². The fourth-order valence-electron chi connectivity index (χ4n) is 3.67. The number of rotatable bonds is 21. The fraction of sp³-hybridized carbons (Fsp3) is 1.00. The summed E-state index contributed by atoms with van der Waals surface area (Å²) in [5.74, 6) is 0. The van der Waals surface area contributed by atoms with Crippen LogP contribution in [0.15, 0.2) is 0 Å². The zero-order chi connectivity index (χ0) is 34.7. The average molecular weight is 618 g/mol. The van der Waals surface area contributed by atoms with E-state index in [9.17, 15) is 0 Å². The number of hydrogen-bond donors (Lipinski definition) is 0. The molecule has 1 nitrogen and oxygen atoms in total. The van der Waals surface area contributed by atoms with Crippen LogP contribution >= 0.6 is 0 Å². The van der Waals surface area contributed by atoms with Gasteiger partial charge in [0.2, 0.25) is 0 Å². The van der Waals surface area contributed by atoms with Crippen molar-refractivity contribution in [3.63, 3.8) is 0 Å². The van der Waals surface area contributed by atoms with Gasteiger partial charge >= 0.3 is 0 Å². The lowest BCUT2D eigenvalue weighted by Gasteiger charge is -2.13. The van der Waals surface area contributed by atoms with Crippen LogP contribution in [0.25, 0.3) is 0 Å². The third-order valence-electron chi connectivity index (χ3n) is 7.08. The van der Waals surface area contributed by atoms with Crippen LogP contribution in [0.5, 0.6) is 0 Å². The molecule has 0 aliphatic rings.